The van der Waals surface area contributed by atoms with Crippen molar-refractivity contribution in [3.05, 3.63) is 51.5 Å². The number of rotatable bonds is 6. The maximum absolute atomic E-state index is 13.0. The molecule has 0 N–H and O–H groups in total. The van der Waals surface area contributed by atoms with Crippen LogP contribution in [0.15, 0.2) is 34.8 Å². The predicted molar refractivity (Wildman–Crippen MR) is 97.8 cm³/mol. The first-order chi connectivity index (χ1) is 11.4. The second kappa shape index (κ2) is 7.71. The van der Waals surface area contributed by atoms with Gasteiger partial charge in [0.2, 0.25) is 5.75 Å². The van der Waals surface area contributed by atoms with Crippen LogP contribution in [0.4, 0.5) is 0 Å². The van der Waals surface area contributed by atoms with Crippen LogP contribution in [-0.4, -0.2) is 27.1 Å². The summed E-state index contributed by atoms with van der Waals surface area (Å²) in [5.41, 5.74) is 2.18. The molecule has 0 aliphatic rings. The Labute approximate surface area is 150 Å². The highest BCUT2D eigenvalue weighted by atomic mass is 79.9. The van der Waals surface area contributed by atoms with Crippen molar-refractivity contribution in [1.82, 2.24) is 0 Å². The van der Waals surface area contributed by atoms with Gasteiger partial charge in [-0.1, -0.05) is 38.1 Å². The average molecular weight is 393 g/mol. The summed E-state index contributed by atoms with van der Waals surface area (Å²) in [6.07, 6.45) is 0. The van der Waals surface area contributed by atoms with E-state index in [1.165, 1.54) is 26.9 Å². The minimum absolute atomic E-state index is 0.144. The Morgan fingerprint density at radius 2 is 1.54 bits per heavy atom. The minimum Gasteiger partial charge on any atom is -0.493 e. The zero-order chi connectivity index (χ0) is 17.9. The van der Waals surface area contributed by atoms with Gasteiger partial charge in [-0.25, -0.2) is 0 Å². The van der Waals surface area contributed by atoms with E-state index in [-0.39, 0.29) is 5.78 Å². The lowest BCUT2D eigenvalue weighted by molar-refractivity contribution is 0.103. The Hall–Kier alpha value is -2.01. The van der Waals surface area contributed by atoms with Crippen LogP contribution >= 0.6 is 15.9 Å². The second-order valence-electron chi connectivity index (χ2n) is 5.61. The molecule has 2 aromatic rings. The summed E-state index contributed by atoms with van der Waals surface area (Å²) in [6.45, 7) is 4.23. The molecule has 0 atom stereocenters. The molecule has 24 heavy (non-hydrogen) atoms. The van der Waals surface area contributed by atoms with Crippen molar-refractivity contribution in [2.24, 2.45) is 0 Å². The third-order valence-corrected chi connectivity index (χ3v) is 4.47. The van der Waals surface area contributed by atoms with Crippen LogP contribution in [0, 0.1) is 0 Å². The number of hydrogen-bond acceptors (Lipinski definition) is 4. The first kappa shape index (κ1) is 18.3. The molecule has 5 heteroatoms. The number of halogens is 1. The van der Waals surface area contributed by atoms with E-state index in [0.29, 0.717) is 38.8 Å². The van der Waals surface area contributed by atoms with Crippen LogP contribution in [0.3, 0.4) is 0 Å². The highest BCUT2D eigenvalue weighted by Gasteiger charge is 2.25. The summed E-state index contributed by atoms with van der Waals surface area (Å²) in [6, 6.07) is 9.32. The first-order valence-corrected chi connectivity index (χ1v) is 8.37. The molecule has 0 saturated carbocycles. The Balaban J connectivity index is 2.56. The Morgan fingerprint density at radius 1 is 0.958 bits per heavy atom. The van der Waals surface area contributed by atoms with Crippen molar-refractivity contribution in [3.63, 3.8) is 0 Å². The van der Waals surface area contributed by atoms with E-state index < -0.39 is 0 Å². The summed E-state index contributed by atoms with van der Waals surface area (Å²) in [5, 5.41) is 0. The lowest BCUT2D eigenvalue weighted by atomic mass is 9.97. The summed E-state index contributed by atoms with van der Waals surface area (Å²) in [4.78, 5) is 13.0. The van der Waals surface area contributed by atoms with Gasteiger partial charge in [0.05, 0.1) is 26.9 Å². The van der Waals surface area contributed by atoms with Gasteiger partial charge >= 0.3 is 0 Å². The fourth-order valence-corrected chi connectivity index (χ4v) is 3.07. The van der Waals surface area contributed by atoms with E-state index in [2.05, 4.69) is 29.8 Å². The molecule has 0 spiro atoms. The molecule has 0 saturated heterocycles. The maximum atomic E-state index is 13.0. The van der Waals surface area contributed by atoms with Gasteiger partial charge in [-0.15, -0.1) is 0 Å². The van der Waals surface area contributed by atoms with Gasteiger partial charge in [-0.3, -0.25) is 4.79 Å². The van der Waals surface area contributed by atoms with Gasteiger partial charge < -0.3 is 14.2 Å². The molecule has 128 valence electrons. The molecule has 0 aliphatic heterocycles. The summed E-state index contributed by atoms with van der Waals surface area (Å²) < 4.78 is 16.7. The van der Waals surface area contributed by atoms with Crippen molar-refractivity contribution in [2.75, 3.05) is 21.3 Å². The third-order valence-electron chi connectivity index (χ3n) is 3.85. The molecule has 0 aliphatic carbocycles. The highest BCUT2D eigenvalue weighted by Crippen LogP contribution is 2.44. The van der Waals surface area contributed by atoms with Crippen molar-refractivity contribution >= 4 is 21.7 Å². The van der Waals surface area contributed by atoms with Crippen LogP contribution in [0.5, 0.6) is 17.2 Å². The van der Waals surface area contributed by atoms with Crippen molar-refractivity contribution in [1.29, 1.82) is 0 Å². The van der Waals surface area contributed by atoms with Crippen LogP contribution in [0.25, 0.3) is 0 Å². The zero-order valence-corrected chi connectivity index (χ0v) is 16.1. The highest BCUT2D eigenvalue weighted by molar-refractivity contribution is 9.10. The quantitative estimate of drug-likeness (QED) is 0.660. The fraction of sp³-hybridized carbons (Fsp3) is 0.316. The van der Waals surface area contributed by atoms with Crippen LogP contribution in [-0.2, 0) is 0 Å². The number of carbonyl (C=O) groups excluding carboxylic acids is 1. The van der Waals surface area contributed by atoms with Gasteiger partial charge in [0.15, 0.2) is 17.3 Å². The van der Waals surface area contributed by atoms with Gasteiger partial charge in [0, 0.05) is 10.0 Å². The van der Waals surface area contributed by atoms with Gasteiger partial charge in [-0.2, -0.15) is 0 Å². The van der Waals surface area contributed by atoms with Crippen molar-refractivity contribution in [3.8, 4) is 17.2 Å². The SMILES string of the molecule is COc1cc(Br)c(C(=O)c2ccc(C(C)C)cc2)c(OC)c1OC. The minimum atomic E-state index is -0.144. The monoisotopic (exact) mass is 392 g/mol. The van der Waals surface area contributed by atoms with Gasteiger partial charge in [0.25, 0.3) is 0 Å². The Bertz CT molecular complexity index is 736. The number of hydrogen-bond donors (Lipinski definition) is 0. The molecule has 0 radical (unpaired) electrons. The number of methoxy groups -OCH3 is 3. The molecule has 4 nitrogen and oxygen atoms in total. The molecule has 0 heterocycles. The molecule has 0 aromatic heterocycles. The van der Waals surface area contributed by atoms with E-state index in [1.54, 1.807) is 6.07 Å². The molecular weight excluding hydrogens is 372 g/mol. The van der Waals surface area contributed by atoms with Gasteiger partial charge in [-0.05, 0) is 33.5 Å². The topological polar surface area (TPSA) is 44.8 Å². The first-order valence-electron chi connectivity index (χ1n) is 7.57. The van der Waals surface area contributed by atoms with Crippen LogP contribution in [0.1, 0.15) is 41.3 Å². The second-order valence-corrected chi connectivity index (χ2v) is 6.46. The third kappa shape index (κ3) is 3.41. The largest absolute Gasteiger partial charge is 0.493 e. The Kier molecular flexibility index (Phi) is 5.89. The number of benzene rings is 2. The maximum Gasteiger partial charge on any atom is 0.204 e. The molecule has 0 bridgehead atoms. The molecule has 2 rings (SSSR count). The summed E-state index contributed by atoms with van der Waals surface area (Å²) in [7, 11) is 4.55. The van der Waals surface area contributed by atoms with Crippen LogP contribution in [0.2, 0.25) is 0 Å². The number of ketones is 1. The zero-order valence-electron chi connectivity index (χ0n) is 14.5. The smallest absolute Gasteiger partial charge is 0.204 e. The average Bonchev–Trinajstić information content (AvgIpc) is 2.59. The Morgan fingerprint density at radius 3 is 2.00 bits per heavy atom. The number of ether oxygens (including phenoxy) is 3. The molecule has 0 amide bonds. The van der Waals surface area contributed by atoms with E-state index in [0.717, 1.165) is 0 Å². The lowest BCUT2D eigenvalue weighted by Gasteiger charge is -2.17. The molecule has 2 aromatic carbocycles. The van der Waals surface area contributed by atoms with Crippen LogP contribution < -0.4 is 14.2 Å². The normalized spacial score (nSPS) is 10.6. The van der Waals surface area contributed by atoms with E-state index in [9.17, 15) is 4.79 Å². The van der Waals surface area contributed by atoms with Gasteiger partial charge in [0.1, 0.15) is 0 Å². The van der Waals surface area contributed by atoms with Crippen molar-refractivity contribution < 1.29 is 19.0 Å². The van der Waals surface area contributed by atoms with E-state index >= 15 is 0 Å². The summed E-state index contributed by atoms with van der Waals surface area (Å²) in [5.74, 6) is 1.51. The molecule has 0 fully saturated rings. The molecular formula is C19H21BrO4. The van der Waals surface area contributed by atoms with E-state index in [4.69, 9.17) is 14.2 Å². The number of carbonyl (C=O) groups is 1. The van der Waals surface area contributed by atoms with Crippen molar-refractivity contribution in [2.45, 2.75) is 19.8 Å². The predicted octanol–water partition coefficient (Wildman–Crippen LogP) is 4.83. The van der Waals surface area contributed by atoms with E-state index in [1.807, 2.05) is 24.3 Å². The molecule has 0 unspecified atom stereocenters. The lowest BCUT2D eigenvalue weighted by Crippen LogP contribution is -2.08. The standard InChI is InChI=1S/C19H21BrO4/c1-11(2)12-6-8-13(9-7-12)17(21)16-14(20)10-15(22-3)18(23-4)19(16)24-5/h6-11H,1-5H3. The fourth-order valence-electron chi connectivity index (χ4n) is 2.50. The summed E-state index contributed by atoms with van der Waals surface area (Å²) >= 11 is 3.44.